The Morgan fingerprint density at radius 1 is 1.19 bits per heavy atom. The topological polar surface area (TPSA) is 88.5 Å². The van der Waals surface area contributed by atoms with Gasteiger partial charge in [0.25, 0.3) is 5.91 Å². The van der Waals surface area contributed by atoms with Crippen LogP contribution in [0.5, 0.6) is 5.75 Å². The normalized spacial score (nSPS) is 10.7. The van der Waals surface area contributed by atoms with E-state index in [9.17, 15) is 9.90 Å². The Kier molecular flexibility index (Phi) is 3.23. The van der Waals surface area contributed by atoms with E-state index in [-0.39, 0.29) is 24.0 Å². The number of hydrogen-bond donors (Lipinski definition) is 3. The van der Waals surface area contributed by atoms with Crippen LogP contribution in [0.3, 0.4) is 0 Å². The summed E-state index contributed by atoms with van der Waals surface area (Å²) >= 11 is 0. The van der Waals surface area contributed by atoms with Gasteiger partial charge in [-0.15, -0.1) is 0 Å². The minimum Gasteiger partial charge on any atom is -0.508 e. The number of aromatic hydroxyl groups is 1. The van der Waals surface area contributed by atoms with Gasteiger partial charge < -0.3 is 20.6 Å². The van der Waals surface area contributed by atoms with Gasteiger partial charge in [-0.05, 0) is 30.3 Å². The van der Waals surface area contributed by atoms with Gasteiger partial charge in [-0.2, -0.15) is 0 Å². The minimum absolute atomic E-state index is 0.0918. The lowest BCUT2D eigenvalue weighted by molar-refractivity contribution is 0.0925. The molecule has 0 atom stereocenters. The Morgan fingerprint density at radius 2 is 2.00 bits per heavy atom. The van der Waals surface area contributed by atoms with Crippen molar-refractivity contribution in [3.63, 3.8) is 0 Å². The maximum Gasteiger partial charge on any atom is 0.287 e. The van der Waals surface area contributed by atoms with Gasteiger partial charge in [-0.1, -0.05) is 18.2 Å². The maximum atomic E-state index is 12.1. The molecule has 21 heavy (non-hydrogen) atoms. The molecule has 0 aliphatic rings. The number of nitrogens with two attached hydrogens (primary N) is 1. The summed E-state index contributed by atoms with van der Waals surface area (Å²) in [5.74, 6) is -0.0123. The molecule has 0 saturated carbocycles. The van der Waals surface area contributed by atoms with Crippen LogP contribution in [0.15, 0.2) is 52.9 Å². The van der Waals surface area contributed by atoms with Crippen LogP contribution in [0, 0.1) is 0 Å². The summed E-state index contributed by atoms with van der Waals surface area (Å²) in [5.41, 5.74) is 7.40. The van der Waals surface area contributed by atoms with Crippen LogP contribution in [0.1, 0.15) is 16.1 Å². The SMILES string of the molecule is Nc1ccc(O)c(CNC(=O)c2cc3ccccc3o2)c1. The number of carbonyl (C=O) groups is 1. The van der Waals surface area contributed by atoms with Crippen LogP contribution in [0.2, 0.25) is 0 Å². The second kappa shape index (κ2) is 5.20. The standard InChI is InChI=1S/C16H14N2O3/c17-12-5-6-13(19)11(7-12)9-18-16(20)15-8-10-3-1-2-4-14(10)21-15/h1-8,19H,9,17H2,(H,18,20). The average molecular weight is 282 g/mol. The molecule has 0 fully saturated rings. The number of hydrogen-bond acceptors (Lipinski definition) is 4. The van der Waals surface area contributed by atoms with Gasteiger partial charge in [-0.3, -0.25) is 4.79 Å². The summed E-state index contributed by atoms with van der Waals surface area (Å²) in [6.07, 6.45) is 0. The highest BCUT2D eigenvalue weighted by molar-refractivity contribution is 5.96. The number of carbonyl (C=O) groups excluding carboxylic acids is 1. The number of phenols is 1. The van der Waals surface area contributed by atoms with Crippen LogP contribution in [0.4, 0.5) is 5.69 Å². The first-order valence-electron chi connectivity index (χ1n) is 6.47. The monoisotopic (exact) mass is 282 g/mol. The van der Waals surface area contributed by atoms with Gasteiger partial charge >= 0.3 is 0 Å². The Labute approximate surface area is 121 Å². The smallest absolute Gasteiger partial charge is 0.287 e. The number of benzene rings is 2. The molecule has 5 heteroatoms. The Hall–Kier alpha value is -2.95. The molecule has 1 heterocycles. The van der Waals surface area contributed by atoms with Crippen molar-refractivity contribution in [3.8, 4) is 5.75 Å². The first-order chi connectivity index (χ1) is 10.1. The van der Waals surface area contributed by atoms with Crippen LogP contribution in [-0.4, -0.2) is 11.0 Å². The first kappa shape index (κ1) is 13.1. The molecular weight excluding hydrogens is 268 g/mol. The molecule has 0 radical (unpaired) electrons. The van der Waals surface area contributed by atoms with Crippen molar-refractivity contribution in [2.45, 2.75) is 6.54 Å². The molecule has 0 aliphatic carbocycles. The molecule has 0 spiro atoms. The highest BCUT2D eigenvalue weighted by atomic mass is 16.3. The molecule has 0 unspecified atom stereocenters. The van der Waals surface area contributed by atoms with Gasteiger partial charge in [-0.25, -0.2) is 0 Å². The number of phenolic OH excluding ortho intramolecular Hbond substituents is 1. The Bertz CT molecular complexity index is 775. The van der Waals surface area contributed by atoms with Crippen LogP contribution in [-0.2, 0) is 6.54 Å². The van der Waals surface area contributed by atoms with Gasteiger partial charge in [0.15, 0.2) is 5.76 Å². The molecule has 3 aromatic rings. The fraction of sp³-hybridized carbons (Fsp3) is 0.0625. The summed E-state index contributed by atoms with van der Waals surface area (Å²) in [5, 5.41) is 13.3. The quantitative estimate of drug-likeness (QED) is 0.509. The molecule has 0 aliphatic heterocycles. The number of nitrogen functional groups attached to an aromatic ring is 1. The molecule has 2 aromatic carbocycles. The van der Waals surface area contributed by atoms with E-state index in [1.54, 1.807) is 24.3 Å². The number of para-hydroxylation sites is 1. The van der Waals surface area contributed by atoms with Crippen molar-refractivity contribution in [3.05, 3.63) is 59.9 Å². The zero-order valence-electron chi connectivity index (χ0n) is 11.2. The van der Waals surface area contributed by atoms with E-state index in [0.29, 0.717) is 16.8 Å². The second-order valence-corrected chi connectivity index (χ2v) is 4.72. The summed E-state index contributed by atoms with van der Waals surface area (Å²) in [4.78, 5) is 12.1. The van der Waals surface area contributed by atoms with Crippen molar-refractivity contribution >= 4 is 22.6 Å². The van der Waals surface area contributed by atoms with Crippen molar-refractivity contribution in [1.29, 1.82) is 0 Å². The van der Waals surface area contributed by atoms with E-state index >= 15 is 0 Å². The average Bonchev–Trinajstić information content (AvgIpc) is 2.92. The fourth-order valence-corrected chi connectivity index (χ4v) is 2.10. The zero-order valence-corrected chi connectivity index (χ0v) is 11.2. The molecule has 106 valence electrons. The van der Waals surface area contributed by atoms with Gasteiger partial charge in [0.1, 0.15) is 11.3 Å². The number of nitrogens with one attached hydrogen (secondary N) is 1. The summed E-state index contributed by atoms with van der Waals surface area (Å²) < 4.78 is 5.47. The predicted molar refractivity (Wildman–Crippen MR) is 79.9 cm³/mol. The Balaban J connectivity index is 1.75. The number of anilines is 1. The van der Waals surface area contributed by atoms with E-state index in [1.807, 2.05) is 18.2 Å². The number of rotatable bonds is 3. The number of furan rings is 1. The molecular formula is C16H14N2O3. The largest absolute Gasteiger partial charge is 0.508 e. The zero-order chi connectivity index (χ0) is 14.8. The number of fused-ring (bicyclic) bond motifs is 1. The van der Waals surface area contributed by atoms with Crippen molar-refractivity contribution in [2.24, 2.45) is 0 Å². The third-order valence-electron chi connectivity index (χ3n) is 3.19. The highest BCUT2D eigenvalue weighted by Crippen LogP contribution is 2.21. The van der Waals surface area contributed by atoms with E-state index in [0.717, 1.165) is 5.39 Å². The van der Waals surface area contributed by atoms with Gasteiger partial charge in [0.2, 0.25) is 0 Å². The second-order valence-electron chi connectivity index (χ2n) is 4.72. The van der Waals surface area contributed by atoms with Crippen LogP contribution in [0.25, 0.3) is 11.0 Å². The van der Waals surface area contributed by atoms with E-state index in [1.165, 1.54) is 6.07 Å². The summed E-state index contributed by atoms with van der Waals surface area (Å²) in [7, 11) is 0. The first-order valence-corrected chi connectivity index (χ1v) is 6.47. The molecule has 1 aromatic heterocycles. The lowest BCUT2D eigenvalue weighted by Crippen LogP contribution is -2.22. The lowest BCUT2D eigenvalue weighted by Gasteiger charge is -2.06. The lowest BCUT2D eigenvalue weighted by atomic mass is 10.2. The van der Waals surface area contributed by atoms with Gasteiger partial charge in [0.05, 0.1) is 0 Å². The van der Waals surface area contributed by atoms with Crippen molar-refractivity contribution in [1.82, 2.24) is 5.32 Å². The highest BCUT2D eigenvalue weighted by Gasteiger charge is 2.12. The fourth-order valence-electron chi connectivity index (χ4n) is 2.10. The van der Waals surface area contributed by atoms with E-state index in [2.05, 4.69) is 5.32 Å². The minimum atomic E-state index is -0.340. The Morgan fingerprint density at radius 3 is 2.81 bits per heavy atom. The molecule has 5 nitrogen and oxygen atoms in total. The van der Waals surface area contributed by atoms with E-state index in [4.69, 9.17) is 10.2 Å². The van der Waals surface area contributed by atoms with Crippen molar-refractivity contribution < 1.29 is 14.3 Å². The third-order valence-corrected chi connectivity index (χ3v) is 3.19. The summed E-state index contributed by atoms with van der Waals surface area (Å²) in [6.45, 7) is 0.173. The molecule has 4 N–H and O–H groups in total. The predicted octanol–water partition coefficient (Wildman–Crippen LogP) is 2.65. The number of amides is 1. The van der Waals surface area contributed by atoms with Crippen LogP contribution >= 0.6 is 0 Å². The van der Waals surface area contributed by atoms with Gasteiger partial charge in [0, 0.05) is 23.2 Å². The molecule has 0 saturated heterocycles. The molecule has 0 bridgehead atoms. The summed E-state index contributed by atoms with van der Waals surface area (Å²) in [6, 6.07) is 13.8. The third kappa shape index (κ3) is 2.67. The van der Waals surface area contributed by atoms with E-state index < -0.39 is 0 Å². The van der Waals surface area contributed by atoms with Crippen molar-refractivity contribution in [2.75, 3.05) is 5.73 Å². The van der Waals surface area contributed by atoms with Crippen LogP contribution < -0.4 is 11.1 Å². The molecule has 3 rings (SSSR count). The maximum absolute atomic E-state index is 12.1. The molecule has 1 amide bonds.